The molecule has 5 rings (SSSR count). The first kappa shape index (κ1) is 18.8. The SMILES string of the molecule is CNc1nc(-c2ccc(N3CCN(C(=O)C4(C)CC4)CC3)cc2)cc2nccnc12. The molecule has 154 valence electrons. The fourth-order valence-electron chi connectivity index (χ4n) is 4.09. The molecule has 1 amide bonds. The lowest BCUT2D eigenvalue weighted by atomic mass is 10.1. The number of amides is 1. The second kappa shape index (κ2) is 7.23. The molecule has 1 aliphatic carbocycles. The van der Waals surface area contributed by atoms with Crippen LogP contribution in [-0.2, 0) is 4.79 Å². The Labute approximate surface area is 176 Å². The van der Waals surface area contributed by atoms with Crippen molar-refractivity contribution in [3.63, 3.8) is 0 Å². The van der Waals surface area contributed by atoms with E-state index in [0.717, 1.165) is 67.1 Å². The van der Waals surface area contributed by atoms with Crippen LogP contribution in [0.2, 0.25) is 0 Å². The summed E-state index contributed by atoms with van der Waals surface area (Å²) in [7, 11) is 1.84. The number of carbonyl (C=O) groups is 1. The summed E-state index contributed by atoms with van der Waals surface area (Å²) in [6.45, 7) is 5.43. The number of fused-ring (bicyclic) bond motifs is 1. The highest BCUT2D eigenvalue weighted by Gasteiger charge is 2.47. The maximum Gasteiger partial charge on any atom is 0.228 e. The van der Waals surface area contributed by atoms with Gasteiger partial charge in [0.1, 0.15) is 5.52 Å². The Balaban J connectivity index is 1.32. The van der Waals surface area contributed by atoms with Crippen LogP contribution in [-0.4, -0.2) is 59.0 Å². The van der Waals surface area contributed by atoms with Gasteiger partial charge in [0.15, 0.2) is 5.82 Å². The number of carbonyl (C=O) groups excluding carboxylic acids is 1. The van der Waals surface area contributed by atoms with E-state index in [1.807, 2.05) is 18.0 Å². The lowest BCUT2D eigenvalue weighted by molar-refractivity contribution is -0.136. The van der Waals surface area contributed by atoms with Gasteiger partial charge in [-0.1, -0.05) is 19.1 Å². The number of piperazine rings is 1. The van der Waals surface area contributed by atoms with Gasteiger partial charge in [-0.15, -0.1) is 0 Å². The van der Waals surface area contributed by atoms with Crippen molar-refractivity contribution in [2.24, 2.45) is 5.41 Å². The predicted molar refractivity (Wildman–Crippen MR) is 118 cm³/mol. The van der Waals surface area contributed by atoms with Gasteiger partial charge in [-0.3, -0.25) is 9.78 Å². The third-order valence-corrected chi connectivity index (χ3v) is 6.30. The molecule has 2 aliphatic rings. The van der Waals surface area contributed by atoms with E-state index in [4.69, 9.17) is 4.98 Å². The van der Waals surface area contributed by atoms with Gasteiger partial charge in [0.05, 0.1) is 11.2 Å². The summed E-state index contributed by atoms with van der Waals surface area (Å²) in [6.07, 6.45) is 5.45. The van der Waals surface area contributed by atoms with Crippen molar-refractivity contribution in [3.05, 3.63) is 42.7 Å². The molecule has 0 atom stereocenters. The summed E-state index contributed by atoms with van der Waals surface area (Å²) >= 11 is 0. The predicted octanol–water partition coefficient (Wildman–Crippen LogP) is 3.18. The number of aromatic nitrogens is 3. The molecule has 0 bridgehead atoms. The first-order valence-corrected chi connectivity index (χ1v) is 10.5. The van der Waals surface area contributed by atoms with E-state index in [2.05, 4.69) is 51.4 Å². The molecule has 1 aliphatic heterocycles. The summed E-state index contributed by atoms with van der Waals surface area (Å²) in [4.78, 5) is 30.5. The van der Waals surface area contributed by atoms with E-state index in [1.54, 1.807) is 12.4 Å². The van der Waals surface area contributed by atoms with Gasteiger partial charge < -0.3 is 15.1 Å². The van der Waals surface area contributed by atoms with Crippen LogP contribution < -0.4 is 10.2 Å². The van der Waals surface area contributed by atoms with Crippen LogP contribution in [0.1, 0.15) is 19.8 Å². The van der Waals surface area contributed by atoms with Crippen LogP contribution in [0.4, 0.5) is 11.5 Å². The minimum atomic E-state index is -0.0761. The number of hydrogen-bond acceptors (Lipinski definition) is 6. The Hall–Kier alpha value is -3.22. The maximum absolute atomic E-state index is 12.6. The zero-order valence-electron chi connectivity index (χ0n) is 17.4. The number of pyridine rings is 1. The van der Waals surface area contributed by atoms with Gasteiger partial charge in [-0.05, 0) is 31.0 Å². The van der Waals surface area contributed by atoms with E-state index < -0.39 is 0 Å². The van der Waals surface area contributed by atoms with Crippen LogP contribution in [0.5, 0.6) is 0 Å². The Morgan fingerprint density at radius 2 is 1.73 bits per heavy atom. The molecule has 7 heteroatoms. The maximum atomic E-state index is 12.6. The number of benzene rings is 1. The Kier molecular flexibility index (Phi) is 4.53. The monoisotopic (exact) mass is 402 g/mol. The lowest BCUT2D eigenvalue weighted by Crippen LogP contribution is -2.50. The molecular weight excluding hydrogens is 376 g/mol. The normalized spacial score (nSPS) is 17.8. The zero-order valence-corrected chi connectivity index (χ0v) is 17.4. The molecule has 2 aromatic heterocycles. The van der Waals surface area contributed by atoms with Crippen molar-refractivity contribution in [2.45, 2.75) is 19.8 Å². The molecule has 7 nitrogen and oxygen atoms in total. The Morgan fingerprint density at radius 3 is 2.40 bits per heavy atom. The smallest absolute Gasteiger partial charge is 0.228 e. The summed E-state index contributed by atoms with van der Waals surface area (Å²) in [5.74, 6) is 1.06. The summed E-state index contributed by atoms with van der Waals surface area (Å²) in [6, 6.07) is 10.4. The fraction of sp³-hybridized carbons (Fsp3) is 0.391. The van der Waals surface area contributed by atoms with Gasteiger partial charge in [0.2, 0.25) is 5.91 Å². The third-order valence-electron chi connectivity index (χ3n) is 6.30. The highest BCUT2D eigenvalue weighted by atomic mass is 16.2. The summed E-state index contributed by atoms with van der Waals surface area (Å²) < 4.78 is 0. The second-order valence-electron chi connectivity index (χ2n) is 8.42. The minimum Gasteiger partial charge on any atom is -0.371 e. The van der Waals surface area contributed by atoms with Gasteiger partial charge in [-0.25, -0.2) is 9.97 Å². The number of nitrogens with zero attached hydrogens (tertiary/aromatic N) is 5. The minimum absolute atomic E-state index is 0.0761. The lowest BCUT2D eigenvalue weighted by Gasteiger charge is -2.37. The number of nitrogens with one attached hydrogen (secondary N) is 1. The summed E-state index contributed by atoms with van der Waals surface area (Å²) in [5.41, 5.74) is 4.60. The first-order chi connectivity index (χ1) is 14.6. The molecule has 3 aromatic rings. The van der Waals surface area contributed by atoms with Crippen LogP contribution in [0.15, 0.2) is 42.7 Å². The molecule has 0 radical (unpaired) electrons. The topological polar surface area (TPSA) is 74.2 Å². The van der Waals surface area contributed by atoms with E-state index in [1.165, 1.54) is 5.69 Å². The van der Waals surface area contributed by atoms with E-state index in [0.29, 0.717) is 5.91 Å². The standard InChI is InChI=1S/C23H26N6O/c1-23(7-8-23)22(30)29-13-11-28(12-14-29)17-5-3-16(4-6-17)18-15-19-20(21(24-2)27-18)26-10-9-25-19/h3-6,9-10,15H,7-8,11-14H2,1-2H3,(H,24,27). The van der Waals surface area contributed by atoms with Crippen molar-refractivity contribution in [3.8, 4) is 11.3 Å². The molecule has 1 saturated heterocycles. The largest absolute Gasteiger partial charge is 0.371 e. The average Bonchev–Trinajstić information content (AvgIpc) is 3.56. The molecule has 3 heterocycles. The van der Waals surface area contributed by atoms with Crippen molar-refractivity contribution in [1.82, 2.24) is 19.9 Å². The molecule has 1 aromatic carbocycles. The molecular formula is C23H26N6O. The van der Waals surface area contributed by atoms with Crippen molar-refractivity contribution < 1.29 is 4.79 Å². The number of hydrogen-bond donors (Lipinski definition) is 1. The number of anilines is 2. The molecule has 2 fully saturated rings. The third kappa shape index (κ3) is 3.34. The highest BCUT2D eigenvalue weighted by Crippen LogP contribution is 2.46. The number of rotatable bonds is 4. The Bertz CT molecular complexity index is 1080. The van der Waals surface area contributed by atoms with Crippen LogP contribution >= 0.6 is 0 Å². The van der Waals surface area contributed by atoms with Crippen LogP contribution in [0.25, 0.3) is 22.3 Å². The van der Waals surface area contributed by atoms with Gasteiger partial charge in [0, 0.05) is 62.3 Å². The van der Waals surface area contributed by atoms with Crippen molar-refractivity contribution in [2.75, 3.05) is 43.4 Å². The summed E-state index contributed by atoms with van der Waals surface area (Å²) in [5, 5.41) is 3.12. The quantitative estimate of drug-likeness (QED) is 0.723. The average molecular weight is 403 g/mol. The Morgan fingerprint density at radius 1 is 1.03 bits per heavy atom. The zero-order chi connectivity index (χ0) is 20.7. The van der Waals surface area contributed by atoms with Crippen LogP contribution in [0, 0.1) is 5.41 Å². The molecule has 30 heavy (non-hydrogen) atoms. The molecule has 0 unspecified atom stereocenters. The van der Waals surface area contributed by atoms with Crippen molar-refractivity contribution >= 4 is 28.4 Å². The fourth-order valence-corrected chi connectivity index (χ4v) is 4.09. The van der Waals surface area contributed by atoms with Gasteiger partial charge in [0.25, 0.3) is 0 Å². The molecule has 1 saturated carbocycles. The van der Waals surface area contributed by atoms with E-state index in [9.17, 15) is 4.79 Å². The van der Waals surface area contributed by atoms with Gasteiger partial charge >= 0.3 is 0 Å². The molecule has 1 N–H and O–H groups in total. The highest BCUT2D eigenvalue weighted by molar-refractivity contribution is 5.88. The molecule has 0 spiro atoms. The first-order valence-electron chi connectivity index (χ1n) is 10.5. The second-order valence-corrected chi connectivity index (χ2v) is 8.42. The van der Waals surface area contributed by atoms with E-state index in [-0.39, 0.29) is 5.41 Å². The van der Waals surface area contributed by atoms with Crippen molar-refractivity contribution in [1.29, 1.82) is 0 Å². The van der Waals surface area contributed by atoms with Crippen LogP contribution in [0.3, 0.4) is 0 Å². The van der Waals surface area contributed by atoms with E-state index >= 15 is 0 Å². The van der Waals surface area contributed by atoms with Gasteiger partial charge in [-0.2, -0.15) is 0 Å².